The third-order valence-electron chi connectivity index (χ3n) is 4.30. The van der Waals surface area contributed by atoms with E-state index in [-0.39, 0.29) is 24.7 Å². The zero-order chi connectivity index (χ0) is 17.7. The van der Waals surface area contributed by atoms with Gasteiger partial charge in [-0.1, -0.05) is 12.1 Å². The van der Waals surface area contributed by atoms with Crippen LogP contribution in [0.15, 0.2) is 24.3 Å². The van der Waals surface area contributed by atoms with Crippen LogP contribution in [0.1, 0.15) is 36.8 Å². The molecule has 1 atom stereocenters. The highest BCUT2D eigenvalue weighted by atomic mass is 19.4. The van der Waals surface area contributed by atoms with Gasteiger partial charge in [-0.25, -0.2) is 0 Å². The Morgan fingerprint density at radius 3 is 2.38 bits per heavy atom. The lowest BCUT2D eigenvalue weighted by molar-refractivity contribution is -0.138. The van der Waals surface area contributed by atoms with Crippen molar-refractivity contribution in [3.8, 4) is 0 Å². The average molecular weight is 343 g/mol. The number of carboxylic acids is 1. The SMILES string of the molecule is O=C(O)C[C@H]1CCCN(C(=O)Cc2ccc(C(F)(F)F)cc2)CC1. The Kier molecular flexibility index (Phi) is 5.85. The monoisotopic (exact) mass is 343 g/mol. The maximum absolute atomic E-state index is 12.5. The van der Waals surface area contributed by atoms with Gasteiger partial charge in [0.1, 0.15) is 0 Å². The molecule has 1 aromatic rings. The zero-order valence-corrected chi connectivity index (χ0v) is 13.2. The molecular weight excluding hydrogens is 323 g/mol. The number of carbonyl (C=O) groups excluding carboxylic acids is 1. The van der Waals surface area contributed by atoms with Gasteiger partial charge >= 0.3 is 12.1 Å². The van der Waals surface area contributed by atoms with Gasteiger partial charge in [0.15, 0.2) is 0 Å². The number of carbonyl (C=O) groups is 2. The molecule has 24 heavy (non-hydrogen) atoms. The van der Waals surface area contributed by atoms with Gasteiger partial charge in [0.05, 0.1) is 12.0 Å². The molecule has 132 valence electrons. The summed E-state index contributed by atoms with van der Waals surface area (Å²) in [6.45, 7) is 1.06. The van der Waals surface area contributed by atoms with Crippen molar-refractivity contribution in [3.05, 3.63) is 35.4 Å². The van der Waals surface area contributed by atoms with Crippen LogP contribution in [0.2, 0.25) is 0 Å². The maximum atomic E-state index is 12.5. The Hall–Kier alpha value is -2.05. The summed E-state index contributed by atoms with van der Waals surface area (Å²) < 4.78 is 37.6. The lowest BCUT2D eigenvalue weighted by Crippen LogP contribution is -2.33. The molecule has 1 aromatic carbocycles. The van der Waals surface area contributed by atoms with Crippen LogP contribution in [0.3, 0.4) is 0 Å². The third kappa shape index (κ3) is 5.25. The first kappa shape index (κ1) is 18.3. The van der Waals surface area contributed by atoms with E-state index in [4.69, 9.17) is 5.11 Å². The van der Waals surface area contributed by atoms with Crippen LogP contribution >= 0.6 is 0 Å². The van der Waals surface area contributed by atoms with Crippen LogP contribution in [0.5, 0.6) is 0 Å². The zero-order valence-electron chi connectivity index (χ0n) is 13.2. The number of benzene rings is 1. The second-order valence-electron chi connectivity index (χ2n) is 6.15. The minimum Gasteiger partial charge on any atom is -0.481 e. The molecule has 0 unspecified atom stereocenters. The number of halogens is 3. The summed E-state index contributed by atoms with van der Waals surface area (Å²) in [5.74, 6) is -0.887. The van der Waals surface area contributed by atoms with Gasteiger partial charge in [-0.2, -0.15) is 13.2 Å². The molecule has 1 N–H and O–H groups in total. The van der Waals surface area contributed by atoms with E-state index in [2.05, 4.69) is 0 Å². The average Bonchev–Trinajstić information content (AvgIpc) is 2.72. The standard InChI is InChI=1S/C17H20F3NO3/c18-17(19,20)14-5-3-13(4-6-14)10-15(22)21-8-1-2-12(7-9-21)11-16(23)24/h3-6,12H,1-2,7-11H2,(H,23,24)/t12-/m0/s1. The van der Waals surface area contributed by atoms with Crippen LogP contribution in [0, 0.1) is 5.92 Å². The Labute approximate surface area is 138 Å². The molecular formula is C17H20F3NO3. The molecule has 1 heterocycles. The van der Waals surface area contributed by atoms with Crippen molar-refractivity contribution < 1.29 is 27.9 Å². The number of alkyl halides is 3. The molecule has 0 saturated carbocycles. The third-order valence-corrected chi connectivity index (χ3v) is 4.30. The van der Waals surface area contributed by atoms with E-state index in [1.54, 1.807) is 4.90 Å². The second kappa shape index (κ2) is 7.68. The van der Waals surface area contributed by atoms with Crippen molar-refractivity contribution in [2.24, 2.45) is 5.92 Å². The molecule has 7 heteroatoms. The Bertz CT molecular complexity index is 584. The lowest BCUT2D eigenvalue weighted by atomic mass is 9.97. The number of likely N-dealkylation sites (tertiary alicyclic amines) is 1. The molecule has 0 aliphatic carbocycles. The molecule has 1 amide bonds. The number of rotatable bonds is 4. The quantitative estimate of drug-likeness (QED) is 0.912. The molecule has 1 aliphatic heterocycles. The van der Waals surface area contributed by atoms with Crippen molar-refractivity contribution >= 4 is 11.9 Å². The summed E-state index contributed by atoms with van der Waals surface area (Å²) in [4.78, 5) is 24.8. The fourth-order valence-electron chi connectivity index (χ4n) is 2.96. The van der Waals surface area contributed by atoms with Gasteiger partial charge in [0.2, 0.25) is 5.91 Å². The predicted molar refractivity (Wildman–Crippen MR) is 81.3 cm³/mol. The topological polar surface area (TPSA) is 57.6 Å². The number of hydrogen-bond donors (Lipinski definition) is 1. The summed E-state index contributed by atoms with van der Waals surface area (Å²) in [6.07, 6.45) is -2.05. The molecule has 1 saturated heterocycles. The van der Waals surface area contributed by atoms with Gasteiger partial charge in [-0.3, -0.25) is 9.59 Å². The normalized spacial score (nSPS) is 19.0. The Balaban J connectivity index is 1.91. The van der Waals surface area contributed by atoms with Gasteiger partial charge in [0.25, 0.3) is 0 Å². The minimum atomic E-state index is -4.38. The summed E-state index contributed by atoms with van der Waals surface area (Å²) in [6, 6.07) is 4.61. The first-order valence-electron chi connectivity index (χ1n) is 7.91. The molecule has 0 aromatic heterocycles. The smallest absolute Gasteiger partial charge is 0.416 e. The van der Waals surface area contributed by atoms with Crippen molar-refractivity contribution in [1.29, 1.82) is 0 Å². The number of carboxylic acid groups (broad SMARTS) is 1. The predicted octanol–water partition coefficient (Wildman–Crippen LogP) is 3.35. The van der Waals surface area contributed by atoms with E-state index < -0.39 is 17.7 Å². The van der Waals surface area contributed by atoms with Gasteiger partial charge < -0.3 is 10.0 Å². The van der Waals surface area contributed by atoms with Crippen LogP contribution in [-0.4, -0.2) is 35.0 Å². The second-order valence-corrected chi connectivity index (χ2v) is 6.15. The largest absolute Gasteiger partial charge is 0.481 e. The number of aliphatic carboxylic acids is 1. The molecule has 1 fully saturated rings. The van der Waals surface area contributed by atoms with Gasteiger partial charge in [0, 0.05) is 19.5 Å². The van der Waals surface area contributed by atoms with Gasteiger partial charge in [-0.05, 0) is 42.9 Å². The molecule has 0 radical (unpaired) electrons. The fraction of sp³-hybridized carbons (Fsp3) is 0.529. The minimum absolute atomic E-state index is 0.0573. The summed E-state index contributed by atoms with van der Waals surface area (Å²) in [5, 5.41) is 8.85. The van der Waals surface area contributed by atoms with Crippen molar-refractivity contribution in [2.75, 3.05) is 13.1 Å². The van der Waals surface area contributed by atoms with Crippen LogP contribution in [0.25, 0.3) is 0 Å². The van der Waals surface area contributed by atoms with Crippen molar-refractivity contribution in [1.82, 2.24) is 4.90 Å². The highest BCUT2D eigenvalue weighted by Crippen LogP contribution is 2.29. The number of hydrogen-bond acceptors (Lipinski definition) is 2. The Morgan fingerprint density at radius 1 is 1.12 bits per heavy atom. The lowest BCUT2D eigenvalue weighted by Gasteiger charge is -2.20. The highest BCUT2D eigenvalue weighted by Gasteiger charge is 2.30. The molecule has 1 aliphatic rings. The highest BCUT2D eigenvalue weighted by molar-refractivity contribution is 5.78. The number of nitrogens with zero attached hydrogens (tertiary/aromatic N) is 1. The fourth-order valence-corrected chi connectivity index (χ4v) is 2.96. The molecule has 0 bridgehead atoms. The summed E-state index contributed by atoms with van der Waals surface area (Å²) in [5.41, 5.74) is -0.190. The van der Waals surface area contributed by atoms with E-state index >= 15 is 0 Å². The van der Waals surface area contributed by atoms with E-state index in [0.717, 1.165) is 25.0 Å². The Morgan fingerprint density at radius 2 is 1.79 bits per heavy atom. The summed E-state index contributed by atoms with van der Waals surface area (Å²) >= 11 is 0. The van der Waals surface area contributed by atoms with Crippen molar-refractivity contribution in [2.45, 2.75) is 38.3 Å². The van der Waals surface area contributed by atoms with E-state index in [1.807, 2.05) is 0 Å². The first-order chi connectivity index (χ1) is 11.3. The van der Waals surface area contributed by atoms with Crippen LogP contribution in [0.4, 0.5) is 13.2 Å². The number of amides is 1. The van der Waals surface area contributed by atoms with Gasteiger partial charge in [-0.15, -0.1) is 0 Å². The van der Waals surface area contributed by atoms with E-state index in [1.165, 1.54) is 12.1 Å². The first-order valence-corrected chi connectivity index (χ1v) is 7.91. The summed E-state index contributed by atoms with van der Waals surface area (Å²) in [7, 11) is 0. The molecule has 2 rings (SSSR count). The maximum Gasteiger partial charge on any atom is 0.416 e. The molecule has 4 nitrogen and oxygen atoms in total. The van der Waals surface area contributed by atoms with E-state index in [9.17, 15) is 22.8 Å². The van der Waals surface area contributed by atoms with E-state index in [0.29, 0.717) is 25.1 Å². The van der Waals surface area contributed by atoms with Crippen molar-refractivity contribution in [3.63, 3.8) is 0 Å². The molecule has 0 spiro atoms. The van der Waals surface area contributed by atoms with Crippen LogP contribution in [-0.2, 0) is 22.2 Å². The van der Waals surface area contributed by atoms with Crippen LogP contribution < -0.4 is 0 Å².